The highest BCUT2D eigenvalue weighted by atomic mass is 16.1. The summed E-state index contributed by atoms with van der Waals surface area (Å²) in [6, 6.07) is 0. The first-order valence-electron chi connectivity index (χ1n) is 2.34. The zero-order valence-corrected chi connectivity index (χ0v) is 4.69. The van der Waals surface area contributed by atoms with E-state index in [1.165, 1.54) is 6.54 Å². The first-order valence-corrected chi connectivity index (χ1v) is 2.34. The molecular weight excluding hydrogens is 90.1 g/mol. The average molecular weight is 100 g/mol. The molecule has 7 heavy (non-hydrogen) atoms. The van der Waals surface area contributed by atoms with Gasteiger partial charge in [-0.2, -0.15) is 0 Å². The van der Waals surface area contributed by atoms with Gasteiger partial charge in [0.05, 0.1) is 6.54 Å². The summed E-state index contributed by atoms with van der Waals surface area (Å²) in [5.74, 6) is 0.141. The summed E-state index contributed by atoms with van der Waals surface area (Å²) in [7, 11) is 1.72. The second-order valence-corrected chi connectivity index (χ2v) is 1.25. The van der Waals surface area contributed by atoms with E-state index < -0.39 is 0 Å². The van der Waals surface area contributed by atoms with E-state index in [1.54, 1.807) is 7.05 Å². The lowest BCUT2D eigenvalue weighted by molar-refractivity contribution is -0.115. The molecule has 0 aromatic heterocycles. The van der Waals surface area contributed by atoms with Crippen molar-refractivity contribution in [1.29, 1.82) is 0 Å². The van der Waals surface area contributed by atoms with E-state index in [9.17, 15) is 4.79 Å². The molecule has 0 heterocycles. The van der Waals surface area contributed by atoms with Gasteiger partial charge >= 0.3 is 0 Å². The predicted octanol–water partition coefficient (Wildman–Crippen LogP) is 0.347. The Hall–Kier alpha value is -0.370. The van der Waals surface area contributed by atoms with E-state index in [-0.39, 0.29) is 5.78 Å². The molecule has 0 aromatic rings. The van der Waals surface area contributed by atoms with Crippen molar-refractivity contribution in [2.75, 3.05) is 7.05 Å². The van der Waals surface area contributed by atoms with Gasteiger partial charge in [0.2, 0.25) is 0 Å². The van der Waals surface area contributed by atoms with E-state index in [4.69, 9.17) is 0 Å². The van der Waals surface area contributed by atoms with Gasteiger partial charge in [0, 0.05) is 6.42 Å². The molecule has 1 N–H and O–H groups in total. The molecule has 0 unspecified atom stereocenters. The van der Waals surface area contributed by atoms with Crippen molar-refractivity contribution < 1.29 is 4.79 Å². The van der Waals surface area contributed by atoms with Crippen LogP contribution in [0, 0.1) is 6.54 Å². The van der Waals surface area contributed by atoms with Crippen LogP contribution in [0.4, 0.5) is 0 Å². The van der Waals surface area contributed by atoms with E-state index in [1.807, 2.05) is 6.92 Å². The molecule has 0 amide bonds. The summed E-state index contributed by atoms with van der Waals surface area (Å²) in [5.41, 5.74) is 0. The molecule has 0 aliphatic carbocycles. The van der Waals surface area contributed by atoms with Crippen molar-refractivity contribution in [3.8, 4) is 0 Å². The normalized spacial score (nSPS) is 8.86. The fourth-order valence-electron chi connectivity index (χ4n) is 0.263. The lowest BCUT2D eigenvalue weighted by Gasteiger charge is -1.89. The topological polar surface area (TPSA) is 29.1 Å². The highest BCUT2D eigenvalue weighted by molar-refractivity contribution is 5.85. The molecular formula is C5H10NO. The largest absolute Gasteiger partial charge is 0.309 e. The highest BCUT2D eigenvalue weighted by Crippen LogP contribution is 1.79. The Bertz CT molecular complexity index is 61.1. The van der Waals surface area contributed by atoms with Crippen LogP contribution in [0.3, 0.4) is 0 Å². The first-order chi connectivity index (χ1) is 3.31. The number of nitrogens with one attached hydrogen (secondary N) is 1. The Kier molecular flexibility index (Phi) is 3.61. The second kappa shape index (κ2) is 3.81. The van der Waals surface area contributed by atoms with Crippen LogP contribution < -0.4 is 5.32 Å². The number of rotatable bonds is 3. The lowest BCUT2D eigenvalue weighted by Crippen LogP contribution is -2.09. The van der Waals surface area contributed by atoms with Gasteiger partial charge in [-0.3, -0.25) is 4.79 Å². The van der Waals surface area contributed by atoms with Crippen LogP contribution in [0.5, 0.6) is 0 Å². The molecule has 1 radical (unpaired) electrons. The Morgan fingerprint density at radius 3 is 2.57 bits per heavy atom. The van der Waals surface area contributed by atoms with Crippen molar-refractivity contribution in [2.24, 2.45) is 0 Å². The number of hydrogen-bond acceptors (Lipinski definition) is 2. The summed E-state index contributed by atoms with van der Waals surface area (Å²) in [6.45, 7) is 3.29. The SMILES string of the molecule is CCC(=O)[CH]NC. The summed E-state index contributed by atoms with van der Waals surface area (Å²) in [6.07, 6.45) is 0.584. The highest BCUT2D eigenvalue weighted by Gasteiger charge is 1.91. The van der Waals surface area contributed by atoms with Gasteiger partial charge in [-0.05, 0) is 7.05 Å². The lowest BCUT2D eigenvalue weighted by atomic mass is 10.3. The maximum absolute atomic E-state index is 10.3. The van der Waals surface area contributed by atoms with Crippen LogP contribution in [0.2, 0.25) is 0 Å². The molecule has 2 nitrogen and oxygen atoms in total. The average Bonchev–Trinajstić information content (AvgIpc) is 1.68. The molecule has 0 saturated heterocycles. The molecule has 0 bridgehead atoms. The summed E-state index contributed by atoms with van der Waals surface area (Å²) in [4.78, 5) is 10.3. The van der Waals surface area contributed by atoms with Crippen LogP contribution >= 0.6 is 0 Å². The van der Waals surface area contributed by atoms with Crippen LogP contribution in [-0.4, -0.2) is 12.8 Å². The number of Topliss-reactive ketones (excluding diaryl/α,β-unsaturated/α-hetero) is 1. The smallest absolute Gasteiger partial charge is 0.151 e. The molecule has 0 saturated carbocycles. The molecule has 0 spiro atoms. The Balaban J connectivity index is 3.00. The summed E-state index contributed by atoms with van der Waals surface area (Å²) in [5, 5.41) is 2.64. The third-order valence-electron chi connectivity index (χ3n) is 0.654. The minimum atomic E-state index is 0.141. The third kappa shape index (κ3) is 3.46. The van der Waals surface area contributed by atoms with Crippen LogP contribution in [0.15, 0.2) is 0 Å². The number of likely N-dealkylation sites (N-methyl/N-ethyl adjacent to an activating group) is 1. The number of carbonyl (C=O) groups is 1. The standard InChI is InChI=1S/C5H10NO/c1-3-5(7)4-6-2/h4,6H,3H2,1-2H3. The van der Waals surface area contributed by atoms with Crippen molar-refractivity contribution >= 4 is 5.78 Å². The zero-order chi connectivity index (χ0) is 5.70. The second-order valence-electron chi connectivity index (χ2n) is 1.25. The summed E-state index contributed by atoms with van der Waals surface area (Å²) < 4.78 is 0. The van der Waals surface area contributed by atoms with Crippen molar-refractivity contribution in [1.82, 2.24) is 5.32 Å². The van der Waals surface area contributed by atoms with E-state index >= 15 is 0 Å². The maximum atomic E-state index is 10.3. The van der Waals surface area contributed by atoms with Gasteiger partial charge in [-0.15, -0.1) is 0 Å². The Morgan fingerprint density at radius 1 is 1.86 bits per heavy atom. The Morgan fingerprint density at radius 2 is 2.43 bits per heavy atom. The molecule has 0 aliphatic rings. The van der Waals surface area contributed by atoms with Crippen molar-refractivity contribution in [3.05, 3.63) is 6.54 Å². The van der Waals surface area contributed by atoms with Gasteiger partial charge in [-0.1, -0.05) is 6.92 Å². The molecule has 0 rings (SSSR count). The van der Waals surface area contributed by atoms with Gasteiger partial charge in [0.1, 0.15) is 0 Å². The van der Waals surface area contributed by atoms with Gasteiger partial charge < -0.3 is 5.32 Å². The van der Waals surface area contributed by atoms with Crippen molar-refractivity contribution in [3.63, 3.8) is 0 Å². The fourth-order valence-corrected chi connectivity index (χ4v) is 0.263. The first kappa shape index (κ1) is 6.63. The van der Waals surface area contributed by atoms with E-state index in [0.717, 1.165) is 0 Å². The van der Waals surface area contributed by atoms with E-state index in [0.29, 0.717) is 6.42 Å². The number of hydrogen-bond donors (Lipinski definition) is 1. The molecule has 0 fully saturated rings. The van der Waals surface area contributed by atoms with Gasteiger partial charge in [-0.25, -0.2) is 0 Å². The van der Waals surface area contributed by atoms with Crippen LogP contribution in [-0.2, 0) is 4.79 Å². The third-order valence-corrected chi connectivity index (χ3v) is 0.654. The fraction of sp³-hybridized carbons (Fsp3) is 0.600. The van der Waals surface area contributed by atoms with Gasteiger partial charge in [0.25, 0.3) is 0 Å². The van der Waals surface area contributed by atoms with E-state index in [2.05, 4.69) is 5.32 Å². The molecule has 41 valence electrons. The quantitative estimate of drug-likeness (QED) is 0.554. The minimum Gasteiger partial charge on any atom is -0.309 e. The molecule has 0 atom stereocenters. The number of ketones is 1. The summed E-state index contributed by atoms with van der Waals surface area (Å²) >= 11 is 0. The van der Waals surface area contributed by atoms with Crippen molar-refractivity contribution in [2.45, 2.75) is 13.3 Å². The molecule has 0 aliphatic heterocycles. The Labute approximate surface area is 43.9 Å². The minimum absolute atomic E-state index is 0.141. The zero-order valence-electron chi connectivity index (χ0n) is 4.69. The monoisotopic (exact) mass is 100 g/mol. The number of carbonyl (C=O) groups excluding carboxylic acids is 1. The van der Waals surface area contributed by atoms with Crippen LogP contribution in [0.25, 0.3) is 0 Å². The maximum Gasteiger partial charge on any atom is 0.151 e. The molecule has 0 aromatic carbocycles. The molecule has 2 heteroatoms. The predicted molar refractivity (Wildman–Crippen MR) is 28.7 cm³/mol. The van der Waals surface area contributed by atoms with Crippen LogP contribution in [0.1, 0.15) is 13.3 Å². The van der Waals surface area contributed by atoms with Gasteiger partial charge in [0.15, 0.2) is 5.78 Å².